The Morgan fingerprint density at radius 2 is 1.64 bits per heavy atom. The summed E-state index contributed by atoms with van der Waals surface area (Å²) in [5.41, 5.74) is 5.31. The highest BCUT2D eigenvalue weighted by Crippen LogP contribution is 2.32. The van der Waals surface area contributed by atoms with Crippen molar-refractivity contribution in [1.29, 1.82) is 0 Å². The molecule has 0 saturated carbocycles. The molecule has 3 rings (SSSR count). The highest BCUT2D eigenvalue weighted by Gasteiger charge is 2.10. The van der Waals surface area contributed by atoms with Gasteiger partial charge in [0.15, 0.2) is 11.7 Å². The Labute approximate surface area is 175 Å². The lowest BCUT2D eigenvalue weighted by atomic mass is 10.1. The van der Waals surface area contributed by atoms with Gasteiger partial charge in [-0.05, 0) is 57.1 Å². The lowest BCUT2D eigenvalue weighted by Crippen LogP contribution is -2.49. The van der Waals surface area contributed by atoms with Crippen molar-refractivity contribution in [3.63, 3.8) is 0 Å². The number of carbonyl (C=O) groups excluding carboxylic acids is 2. The predicted molar refractivity (Wildman–Crippen MR) is 115 cm³/mol. The first-order chi connectivity index (χ1) is 13.5. The van der Waals surface area contributed by atoms with Crippen LogP contribution in [0.5, 0.6) is 5.75 Å². The molecule has 2 amide bonds. The van der Waals surface area contributed by atoms with Crippen LogP contribution in [0.3, 0.4) is 0 Å². The van der Waals surface area contributed by atoms with E-state index in [1.54, 1.807) is 30.3 Å². The van der Waals surface area contributed by atoms with Gasteiger partial charge in [-0.15, -0.1) is 0 Å². The molecule has 0 aromatic heterocycles. The fraction of sp³-hybridized carbons (Fsp3) is 0.0500. The standard InChI is InChI=1S/C20H16BrN3O3S/c21-18-15-9-5-4-6-13(15)10-11-16(18)27-12-17(25)23-24-20(28)22-19(26)14-7-2-1-3-8-14/h1-11H,12H2,(H,23,25)(H2,22,24,26,28). The lowest BCUT2D eigenvalue weighted by Gasteiger charge is -2.12. The molecule has 0 aliphatic carbocycles. The van der Waals surface area contributed by atoms with Gasteiger partial charge in [-0.1, -0.05) is 48.5 Å². The monoisotopic (exact) mass is 457 g/mol. The molecule has 6 nitrogen and oxygen atoms in total. The van der Waals surface area contributed by atoms with Gasteiger partial charge in [-0.3, -0.25) is 25.8 Å². The van der Waals surface area contributed by atoms with Crippen LogP contribution in [-0.4, -0.2) is 23.5 Å². The van der Waals surface area contributed by atoms with Crippen LogP contribution in [0.1, 0.15) is 10.4 Å². The molecule has 8 heteroatoms. The minimum atomic E-state index is -0.448. The van der Waals surface area contributed by atoms with Crippen LogP contribution in [0.15, 0.2) is 71.2 Å². The molecule has 0 aliphatic rings. The molecule has 3 N–H and O–H groups in total. The third-order valence-corrected chi connectivity index (χ3v) is 4.79. The van der Waals surface area contributed by atoms with E-state index in [0.717, 1.165) is 15.2 Å². The number of halogens is 1. The van der Waals surface area contributed by atoms with E-state index in [9.17, 15) is 9.59 Å². The molecule has 0 unspecified atom stereocenters. The molecule has 0 bridgehead atoms. The molecule has 0 saturated heterocycles. The average molecular weight is 458 g/mol. The number of rotatable bonds is 4. The van der Waals surface area contributed by atoms with Gasteiger partial charge >= 0.3 is 0 Å². The zero-order valence-corrected chi connectivity index (χ0v) is 17.0. The maximum atomic E-state index is 12.0. The quantitative estimate of drug-likeness (QED) is 0.413. The normalized spacial score (nSPS) is 10.2. The Balaban J connectivity index is 1.48. The summed E-state index contributed by atoms with van der Waals surface area (Å²) in [7, 11) is 0. The van der Waals surface area contributed by atoms with Gasteiger partial charge in [-0.25, -0.2) is 0 Å². The predicted octanol–water partition coefficient (Wildman–Crippen LogP) is 3.32. The number of hydrazine groups is 1. The summed E-state index contributed by atoms with van der Waals surface area (Å²) in [6, 6.07) is 20.2. The van der Waals surface area contributed by atoms with Crippen molar-refractivity contribution in [3.8, 4) is 5.75 Å². The number of thiocarbonyl (C=S) groups is 1. The van der Waals surface area contributed by atoms with E-state index in [1.165, 1.54) is 0 Å². The number of ether oxygens (including phenoxy) is 1. The summed E-state index contributed by atoms with van der Waals surface area (Å²) < 4.78 is 6.33. The van der Waals surface area contributed by atoms with Crippen LogP contribution < -0.4 is 20.9 Å². The maximum Gasteiger partial charge on any atom is 0.276 e. The molecular formula is C20H16BrN3O3S. The van der Waals surface area contributed by atoms with Gasteiger partial charge in [0.1, 0.15) is 5.75 Å². The fourth-order valence-corrected chi connectivity index (χ4v) is 3.18. The summed E-state index contributed by atoms with van der Waals surface area (Å²) in [5.74, 6) is -0.270. The smallest absolute Gasteiger partial charge is 0.276 e. The van der Waals surface area contributed by atoms with E-state index < -0.39 is 5.91 Å². The van der Waals surface area contributed by atoms with Crippen LogP contribution >= 0.6 is 28.1 Å². The van der Waals surface area contributed by atoms with Crippen molar-refractivity contribution in [2.75, 3.05) is 6.61 Å². The first-order valence-corrected chi connectivity index (χ1v) is 9.50. The van der Waals surface area contributed by atoms with Crippen LogP contribution in [0.25, 0.3) is 10.8 Å². The van der Waals surface area contributed by atoms with Crippen molar-refractivity contribution >= 4 is 55.8 Å². The largest absolute Gasteiger partial charge is 0.483 e. The van der Waals surface area contributed by atoms with E-state index in [1.807, 2.05) is 36.4 Å². The topological polar surface area (TPSA) is 79.5 Å². The highest BCUT2D eigenvalue weighted by molar-refractivity contribution is 9.10. The summed E-state index contributed by atoms with van der Waals surface area (Å²) in [5, 5.41) is 4.51. The van der Waals surface area contributed by atoms with E-state index in [0.29, 0.717) is 11.3 Å². The number of hydrogen-bond acceptors (Lipinski definition) is 4. The van der Waals surface area contributed by atoms with Gasteiger partial charge in [0.2, 0.25) is 0 Å². The van der Waals surface area contributed by atoms with Crippen molar-refractivity contribution < 1.29 is 14.3 Å². The van der Waals surface area contributed by atoms with Gasteiger partial charge in [0.05, 0.1) is 4.47 Å². The Kier molecular flexibility index (Phi) is 6.57. The van der Waals surface area contributed by atoms with E-state index in [2.05, 4.69) is 32.1 Å². The molecule has 0 heterocycles. The molecule has 0 spiro atoms. The number of nitrogens with one attached hydrogen (secondary N) is 3. The fourth-order valence-electron chi connectivity index (χ4n) is 2.43. The molecule has 142 valence electrons. The third kappa shape index (κ3) is 5.05. The Hall–Kier alpha value is -2.97. The second-order valence-electron chi connectivity index (χ2n) is 5.71. The van der Waals surface area contributed by atoms with Crippen molar-refractivity contribution in [2.45, 2.75) is 0 Å². The SMILES string of the molecule is O=C(COc1ccc2ccccc2c1Br)NNC(=S)NC(=O)c1ccccc1. The minimum absolute atomic E-state index is 0.0194. The molecule has 0 fully saturated rings. The van der Waals surface area contributed by atoms with Crippen LogP contribution in [0.4, 0.5) is 0 Å². The molecule has 0 radical (unpaired) electrons. The van der Waals surface area contributed by atoms with E-state index in [-0.39, 0.29) is 17.6 Å². The Morgan fingerprint density at radius 1 is 0.929 bits per heavy atom. The summed E-state index contributed by atoms with van der Waals surface area (Å²) >= 11 is 8.50. The van der Waals surface area contributed by atoms with E-state index >= 15 is 0 Å². The molecule has 3 aromatic rings. The minimum Gasteiger partial charge on any atom is -0.483 e. The second kappa shape index (κ2) is 9.29. The first-order valence-electron chi connectivity index (χ1n) is 8.30. The molecular weight excluding hydrogens is 442 g/mol. The first kappa shape index (κ1) is 19.8. The van der Waals surface area contributed by atoms with Crippen molar-refractivity contribution in [3.05, 3.63) is 76.8 Å². The number of carbonyl (C=O) groups is 2. The van der Waals surface area contributed by atoms with Crippen LogP contribution in [0, 0.1) is 0 Å². The number of amides is 2. The zero-order chi connectivity index (χ0) is 19.9. The average Bonchev–Trinajstić information content (AvgIpc) is 2.72. The molecule has 0 atom stereocenters. The molecule has 28 heavy (non-hydrogen) atoms. The second-order valence-corrected chi connectivity index (χ2v) is 6.91. The van der Waals surface area contributed by atoms with E-state index in [4.69, 9.17) is 17.0 Å². The summed E-state index contributed by atoms with van der Waals surface area (Å²) in [6.45, 7) is -0.223. The van der Waals surface area contributed by atoms with Gasteiger partial charge in [0, 0.05) is 5.56 Å². The number of benzene rings is 3. The van der Waals surface area contributed by atoms with Crippen molar-refractivity contribution in [2.24, 2.45) is 0 Å². The van der Waals surface area contributed by atoms with Gasteiger partial charge in [0.25, 0.3) is 11.8 Å². The van der Waals surface area contributed by atoms with Gasteiger partial charge in [-0.2, -0.15) is 0 Å². The Bertz CT molecular complexity index is 1030. The number of hydrogen-bond donors (Lipinski definition) is 3. The van der Waals surface area contributed by atoms with Crippen LogP contribution in [0.2, 0.25) is 0 Å². The Morgan fingerprint density at radius 3 is 2.43 bits per heavy atom. The van der Waals surface area contributed by atoms with Crippen molar-refractivity contribution in [1.82, 2.24) is 16.2 Å². The zero-order valence-electron chi connectivity index (χ0n) is 14.6. The highest BCUT2D eigenvalue weighted by atomic mass is 79.9. The number of fused-ring (bicyclic) bond motifs is 1. The third-order valence-electron chi connectivity index (χ3n) is 3.77. The van der Waals surface area contributed by atoms with Gasteiger partial charge < -0.3 is 4.74 Å². The summed E-state index contributed by atoms with van der Waals surface area (Å²) in [4.78, 5) is 23.9. The maximum absolute atomic E-state index is 12.0. The lowest BCUT2D eigenvalue weighted by molar-refractivity contribution is -0.123. The molecule has 0 aliphatic heterocycles. The van der Waals surface area contributed by atoms with Crippen LogP contribution in [-0.2, 0) is 4.79 Å². The summed E-state index contributed by atoms with van der Waals surface area (Å²) in [6.07, 6.45) is 0. The molecule has 3 aromatic carbocycles.